The van der Waals surface area contributed by atoms with Gasteiger partial charge in [0.25, 0.3) is 0 Å². The van der Waals surface area contributed by atoms with Crippen LogP contribution in [0.4, 0.5) is 25.1 Å². The van der Waals surface area contributed by atoms with Gasteiger partial charge in [-0.3, -0.25) is 5.32 Å². The van der Waals surface area contributed by atoms with Crippen LogP contribution in [0.3, 0.4) is 0 Å². The maximum atomic E-state index is 15.0. The first-order chi connectivity index (χ1) is 19.2. The number of anilines is 2. The lowest BCUT2D eigenvalue weighted by molar-refractivity contribution is 0.0899. The SMILES string of the molecule is C[Si](C)(C)CCOCn1cc(Cl)c2c(Oc3c(F)cc(NC(=O)Nc4ccc(S(C)(=O)=O)nn4)cc3F)ccnc21. The average molecular weight is 625 g/mol. The average Bonchev–Trinajstić information content (AvgIpc) is 3.19. The van der Waals surface area contributed by atoms with E-state index in [4.69, 9.17) is 21.1 Å². The molecule has 0 bridgehead atoms. The predicted octanol–water partition coefficient (Wildman–Crippen LogP) is 5.91. The Morgan fingerprint density at radius 1 is 1.10 bits per heavy atom. The molecule has 218 valence electrons. The number of rotatable bonds is 10. The van der Waals surface area contributed by atoms with Crippen molar-refractivity contribution in [1.29, 1.82) is 0 Å². The smallest absolute Gasteiger partial charge is 0.324 e. The van der Waals surface area contributed by atoms with Crippen molar-refractivity contribution in [2.24, 2.45) is 0 Å². The molecule has 4 aromatic rings. The van der Waals surface area contributed by atoms with Gasteiger partial charge >= 0.3 is 6.03 Å². The molecule has 0 atom stereocenters. The van der Waals surface area contributed by atoms with E-state index in [-0.39, 0.29) is 34.0 Å². The number of carbonyl (C=O) groups is 1. The summed E-state index contributed by atoms with van der Waals surface area (Å²) in [6.07, 6.45) is 3.99. The number of hydrogen-bond acceptors (Lipinski definition) is 8. The second-order valence-electron chi connectivity index (χ2n) is 10.3. The summed E-state index contributed by atoms with van der Waals surface area (Å²) in [5, 5.41) is 12.0. The van der Waals surface area contributed by atoms with Crippen LogP contribution in [-0.4, -0.2) is 55.1 Å². The fourth-order valence-electron chi connectivity index (χ4n) is 3.57. The minimum atomic E-state index is -3.57. The third kappa shape index (κ3) is 7.75. The largest absolute Gasteiger partial charge is 0.450 e. The van der Waals surface area contributed by atoms with Crippen LogP contribution in [-0.2, 0) is 21.3 Å². The van der Waals surface area contributed by atoms with Crippen molar-refractivity contribution in [1.82, 2.24) is 19.7 Å². The Kier molecular flexibility index (Phi) is 8.91. The number of urea groups is 1. The van der Waals surface area contributed by atoms with E-state index < -0.39 is 41.3 Å². The van der Waals surface area contributed by atoms with E-state index in [2.05, 4.69) is 45.5 Å². The minimum absolute atomic E-state index is 0.0771. The van der Waals surface area contributed by atoms with Crippen LogP contribution in [0, 0.1) is 11.6 Å². The molecule has 0 aliphatic rings. The molecule has 11 nitrogen and oxygen atoms in total. The summed E-state index contributed by atoms with van der Waals surface area (Å²) < 4.78 is 65.9. The van der Waals surface area contributed by atoms with E-state index in [0.29, 0.717) is 17.6 Å². The van der Waals surface area contributed by atoms with Gasteiger partial charge in [0, 0.05) is 51.2 Å². The standard InChI is InChI=1S/C25H27ClF2N6O5SSi/c1-40(36,37)21-6-5-20(32-33-21)31-25(35)30-15-11-17(27)23(18(28)12-15)39-19-7-8-29-24-22(19)16(26)13-34(24)14-38-9-10-41(2,3)4/h5-8,11-13H,9-10,14H2,1-4H3,(H2,30,31,32,35). The molecule has 0 saturated heterocycles. The number of fused-ring (bicyclic) bond motifs is 1. The number of nitrogens with one attached hydrogen (secondary N) is 2. The first-order valence-electron chi connectivity index (χ1n) is 12.2. The topological polar surface area (TPSA) is 137 Å². The molecule has 0 unspecified atom stereocenters. The van der Waals surface area contributed by atoms with Gasteiger partial charge in [-0.2, -0.15) is 0 Å². The molecule has 1 aromatic carbocycles. The van der Waals surface area contributed by atoms with Gasteiger partial charge in [-0.25, -0.2) is 27.0 Å². The number of hydrogen-bond donors (Lipinski definition) is 2. The van der Waals surface area contributed by atoms with Crippen LogP contribution in [0.2, 0.25) is 30.7 Å². The molecule has 0 spiro atoms. The lowest BCUT2D eigenvalue weighted by Crippen LogP contribution is -2.22. The number of nitrogens with zero attached hydrogens (tertiary/aromatic N) is 4. The van der Waals surface area contributed by atoms with E-state index >= 15 is 0 Å². The lowest BCUT2D eigenvalue weighted by atomic mass is 10.2. The molecule has 0 aliphatic heterocycles. The molecule has 16 heteroatoms. The maximum Gasteiger partial charge on any atom is 0.324 e. The number of aromatic nitrogens is 4. The first kappa shape index (κ1) is 30.3. The zero-order valence-electron chi connectivity index (χ0n) is 22.5. The highest BCUT2D eigenvalue weighted by Crippen LogP contribution is 2.37. The second kappa shape index (κ2) is 12.1. The quantitative estimate of drug-likeness (QED) is 0.164. The van der Waals surface area contributed by atoms with Crippen molar-refractivity contribution in [3.63, 3.8) is 0 Å². The highest BCUT2D eigenvalue weighted by Gasteiger charge is 2.20. The first-order valence-corrected chi connectivity index (χ1v) is 18.2. The monoisotopic (exact) mass is 624 g/mol. The Hall–Kier alpha value is -3.66. The Morgan fingerprint density at radius 3 is 2.41 bits per heavy atom. The van der Waals surface area contributed by atoms with E-state index in [9.17, 15) is 22.0 Å². The highest BCUT2D eigenvalue weighted by atomic mass is 35.5. The fourth-order valence-corrected chi connectivity index (χ4v) is 5.12. The third-order valence-electron chi connectivity index (χ3n) is 5.63. The van der Waals surface area contributed by atoms with Crippen molar-refractivity contribution >= 4 is 58.1 Å². The Morgan fingerprint density at radius 2 is 1.80 bits per heavy atom. The highest BCUT2D eigenvalue weighted by molar-refractivity contribution is 7.90. The van der Waals surface area contributed by atoms with E-state index in [1.165, 1.54) is 18.3 Å². The second-order valence-corrected chi connectivity index (χ2v) is 18.3. The molecule has 4 rings (SSSR count). The molecule has 2 amide bonds. The van der Waals surface area contributed by atoms with Crippen LogP contribution in [0.15, 0.2) is 47.8 Å². The minimum Gasteiger partial charge on any atom is -0.450 e. The zero-order chi connectivity index (χ0) is 29.9. The fraction of sp³-hybridized carbons (Fsp3) is 0.280. The summed E-state index contributed by atoms with van der Waals surface area (Å²) in [7, 11) is -4.83. The van der Waals surface area contributed by atoms with Crippen molar-refractivity contribution in [3.05, 3.63) is 59.4 Å². The normalized spacial score (nSPS) is 12.0. The van der Waals surface area contributed by atoms with Gasteiger partial charge in [0.05, 0.1) is 10.4 Å². The molecule has 41 heavy (non-hydrogen) atoms. The predicted molar refractivity (Wildman–Crippen MR) is 153 cm³/mol. The number of amides is 2. The molecular formula is C25H27ClF2N6O5SSi. The number of sulfone groups is 1. The van der Waals surface area contributed by atoms with Gasteiger partial charge in [-0.05, 0) is 24.2 Å². The van der Waals surface area contributed by atoms with Crippen molar-refractivity contribution in [2.45, 2.75) is 37.4 Å². The Balaban J connectivity index is 1.47. The van der Waals surface area contributed by atoms with Crippen molar-refractivity contribution in [2.75, 3.05) is 23.5 Å². The molecule has 2 N–H and O–H groups in total. The number of ether oxygens (including phenoxy) is 2. The Labute approximate surface area is 240 Å². The Bertz CT molecular complexity index is 1670. The van der Waals surface area contributed by atoms with Gasteiger partial charge in [-0.1, -0.05) is 31.2 Å². The number of carbonyl (C=O) groups excluding carboxylic acids is 1. The maximum absolute atomic E-state index is 15.0. The van der Waals surface area contributed by atoms with Gasteiger partial charge in [-0.15, -0.1) is 10.2 Å². The van der Waals surface area contributed by atoms with E-state index in [0.717, 1.165) is 30.5 Å². The molecule has 0 fully saturated rings. The molecule has 3 aromatic heterocycles. The summed E-state index contributed by atoms with van der Waals surface area (Å²) in [4.78, 5) is 16.6. The van der Waals surface area contributed by atoms with Crippen LogP contribution < -0.4 is 15.4 Å². The lowest BCUT2D eigenvalue weighted by Gasteiger charge is -2.15. The number of pyridine rings is 1. The van der Waals surface area contributed by atoms with E-state index in [1.54, 1.807) is 10.8 Å². The molecule has 3 heterocycles. The molecular weight excluding hydrogens is 598 g/mol. The summed E-state index contributed by atoms with van der Waals surface area (Å²) in [6, 6.07) is 5.63. The van der Waals surface area contributed by atoms with Gasteiger partial charge in [0.15, 0.2) is 38.1 Å². The van der Waals surface area contributed by atoms with Gasteiger partial charge in [0.2, 0.25) is 0 Å². The van der Waals surface area contributed by atoms with Gasteiger partial charge in [0.1, 0.15) is 18.1 Å². The molecule has 0 radical (unpaired) electrons. The zero-order valence-corrected chi connectivity index (χ0v) is 25.1. The summed E-state index contributed by atoms with van der Waals surface area (Å²) in [5.74, 6) is -2.89. The van der Waals surface area contributed by atoms with Crippen LogP contribution >= 0.6 is 11.6 Å². The van der Waals surface area contributed by atoms with Crippen LogP contribution in [0.1, 0.15) is 0 Å². The molecule has 0 aliphatic carbocycles. The third-order valence-corrected chi connectivity index (χ3v) is 8.60. The molecule has 0 saturated carbocycles. The van der Waals surface area contributed by atoms with Crippen molar-refractivity contribution in [3.8, 4) is 11.5 Å². The number of halogens is 3. The summed E-state index contributed by atoms with van der Waals surface area (Å²) >= 11 is 6.42. The van der Waals surface area contributed by atoms with Gasteiger partial charge < -0.3 is 19.4 Å². The summed E-state index contributed by atoms with van der Waals surface area (Å²) in [5.41, 5.74) is 0.203. The van der Waals surface area contributed by atoms with Crippen LogP contribution in [0.5, 0.6) is 11.5 Å². The number of benzene rings is 1. The van der Waals surface area contributed by atoms with E-state index in [1.807, 2.05) is 0 Å². The van der Waals surface area contributed by atoms with Crippen LogP contribution in [0.25, 0.3) is 11.0 Å². The summed E-state index contributed by atoms with van der Waals surface area (Å²) in [6.45, 7) is 7.53. The van der Waals surface area contributed by atoms with Crippen molar-refractivity contribution < 1.29 is 31.5 Å².